The Morgan fingerprint density at radius 3 is 2.50 bits per heavy atom. The summed E-state index contributed by atoms with van der Waals surface area (Å²) in [5.74, 6) is 0. The molecule has 0 saturated carbocycles. The van der Waals surface area contributed by atoms with Crippen LogP contribution in [0.25, 0.3) is 0 Å². The molecule has 0 aliphatic carbocycles. The number of nitrogens with two attached hydrogens (primary N) is 1. The molecule has 16 heavy (non-hydrogen) atoms. The van der Waals surface area contributed by atoms with Gasteiger partial charge in [-0.15, -0.1) is 0 Å². The topological polar surface area (TPSA) is 49.6 Å². The van der Waals surface area contributed by atoms with E-state index in [0.717, 1.165) is 23.8 Å². The van der Waals surface area contributed by atoms with Crippen LogP contribution < -0.4 is 10.6 Å². The van der Waals surface area contributed by atoms with E-state index in [1.807, 2.05) is 24.3 Å². The van der Waals surface area contributed by atoms with Crippen molar-refractivity contribution in [3.63, 3.8) is 0 Å². The number of carbonyl (C=O) groups is 1. The zero-order valence-corrected chi connectivity index (χ0v) is 9.65. The van der Waals surface area contributed by atoms with Gasteiger partial charge >= 0.3 is 6.03 Å². The van der Waals surface area contributed by atoms with E-state index in [4.69, 9.17) is 17.3 Å². The normalized spacial score (nSPS) is 16.3. The Morgan fingerprint density at radius 2 is 1.94 bits per heavy atom. The fourth-order valence-electron chi connectivity index (χ4n) is 1.86. The third-order valence-electron chi connectivity index (χ3n) is 2.76. The minimum Gasteiger partial charge on any atom is -0.368 e. The summed E-state index contributed by atoms with van der Waals surface area (Å²) in [5, 5.41) is 0.731. The molecule has 0 aromatic heterocycles. The number of primary amides is 1. The Morgan fingerprint density at radius 1 is 1.25 bits per heavy atom. The summed E-state index contributed by atoms with van der Waals surface area (Å²) >= 11 is 5.93. The van der Waals surface area contributed by atoms with Gasteiger partial charge in [-0.2, -0.15) is 0 Å². The number of nitrogens with zero attached hydrogens (tertiary/aromatic N) is 2. The van der Waals surface area contributed by atoms with Gasteiger partial charge in [0.2, 0.25) is 0 Å². The largest absolute Gasteiger partial charge is 0.368 e. The predicted octanol–water partition coefficient (Wildman–Crippen LogP) is 1.54. The van der Waals surface area contributed by atoms with Crippen LogP contribution in [0.4, 0.5) is 10.5 Å². The van der Waals surface area contributed by atoms with Gasteiger partial charge < -0.3 is 15.5 Å². The van der Waals surface area contributed by atoms with Crippen LogP contribution in [0.1, 0.15) is 0 Å². The van der Waals surface area contributed by atoms with Crippen LogP contribution in [0, 0.1) is 0 Å². The lowest BCUT2D eigenvalue weighted by atomic mass is 10.2. The number of rotatable bonds is 1. The van der Waals surface area contributed by atoms with Crippen molar-refractivity contribution in [1.29, 1.82) is 0 Å². The number of benzene rings is 1. The molecule has 1 heterocycles. The fraction of sp³-hybridized carbons (Fsp3) is 0.364. The summed E-state index contributed by atoms with van der Waals surface area (Å²) < 4.78 is 0. The highest BCUT2D eigenvalue weighted by atomic mass is 35.5. The summed E-state index contributed by atoms with van der Waals surface area (Å²) in [6.45, 7) is 2.93. The van der Waals surface area contributed by atoms with E-state index >= 15 is 0 Å². The Kier molecular flexibility index (Phi) is 3.19. The lowest BCUT2D eigenvalue weighted by Crippen LogP contribution is -2.50. The van der Waals surface area contributed by atoms with Crippen molar-refractivity contribution in [2.75, 3.05) is 31.1 Å². The van der Waals surface area contributed by atoms with Gasteiger partial charge in [-0.1, -0.05) is 17.7 Å². The van der Waals surface area contributed by atoms with E-state index in [1.165, 1.54) is 0 Å². The van der Waals surface area contributed by atoms with Gasteiger partial charge in [-0.05, 0) is 18.2 Å². The number of carbonyl (C=O) groups excluding carboxylic acids is 1. The van der Waals surface area contributed by atoms with Crippen molar-refractivity contribution in [2.24, 2.45) is 5.73 Å². The molecule has 4 nitrogen and oxygen atoms in total. The molecular weight excluding hydrogens is 226 g/mol. The van der Waals surface area contributed by atoms with Crippen molar-refractivity contribution in [2.45, 2.75) is 0 Å². The Balaban J connectivity index is 2.01. The van der Waals surface area contributed by atoms with E-state index < -0.39 is 0 Å². The maximum Gasteiger partial charge on any atom is 0.314 e. The first-order valence-electron chi connectivity index (χ1n) is 5.22. The first-order chi connectivity index (χ1) is 7.66. The number of hydrogen-bond donors (Lipinski definition) is 1. The molecule has 0 spiro atoms. The summed E-state index contributed by atoms with van der Waals surface area (Å²) in [5.41, 5.74) is 6.32. The SMILES string of the molecule is NC(=O)N1CCN(c2cccc(Cl)c2)CC1. The predicted molar refractivity (Wildman–Crippen MR) is 64.8 cm³/mol. The number of anilines is 1. The maximum absolute atomic E-state index is 11.0. The number of hydrogen-bond acceptors (Lipinski definition) is 2. The first-order valence-corrected chi connectivity index (χ1v) is 5.59. The molecule has 1 aliphatic heterocycles. The van der Waals surface area contributed by atoms with E-state index in [9.17, 15) is 4.79 Å². The highest BCUT2D eigenvalue weighted by molar-refractivity contribution is 6.30. The van der Waals surface area contributed by atoms with Gasteiger partial charge in [-0.3, -0.25) is 0 Å². The molecule has 2 N–H and O–H groups in total. The van der Waals surface area contributed by atoms with E-state index in [0.29, 0.717) is 13.1 Å². The summed E-state index contributed by atoms with van der Waals surface area (Å²) in [6.07, 6.45) is 0. The summed E-state index contributed by atoms with van der Waals surface area (Å²) in [6, 6.07) is 7.39. The van der Waals surface area contributed by atoms with Crippen LogP contribution in [0.3, 0.4) is 0 Å². The number of halogens is 1. The molecule has 0 unspecified atom stereocenters. The van der Waals surface area contributed by atoms with Gasteiger partial charge in [0.1, 0.15) is 0 Å². The van der Waals surface area contributed by atoms with Gasteiger partial charge in [0.05, 0.1) is 0 Å². The second-order valence-corrected chi connectivity index (χ2v) is 4.23. The number of piperazine rings is 1. The van der Waals surface area contributed by atoms with Crippen LogP contribution in [0.2, 0.25) is 5.02 Å². The standard InChI is InChI=1S/C11H14ClN3O/c12-9-2-1-3-10(8-9)14-4-6-15(7-5-14)11(13)16/h1-3,8H,4-7H2,(H2,13,16). The molecule has 0 radical (unpaired) electrons. The number of urea groups is 1. The lowest BCUT2D eigenvalue weighted by Gasteiger charge is -2.35. The zero-order valence-electron chi connectivity index (χ0n) is 8.90. The van der Waals surface area contributed by atoms with Gasteiger partial charge in [0.15, 0.2) is 0 Å². The zero-order chi connectivity index (χ0) is 11.5. The van der Waals surface area contributed by atoms with Crippen LogP contribution >= 0.6 is 11.6 Å². The molecular formula is C11H14ClN3O. The third kappa shape index (κ3) is 2.39. The smallest absolute Gasteiger partial charge is 0.314 e. The van der Waals surface area contributed by atoms with E-state index in [2.05, 4.69) is 4.90 Å². The van der Waals surface area contributed by atoms with E-state index in [-0.39, 0.29) is 6.03 Å². The molecule has 1 fully saturated rings. The fourth-order valence-corrected chi connectivity index (χ4v) is 2.04. The molecule has 2 rings (SSSR count). The quantitative estimate of drug-likeness (QED) is 0.808. The van der Waals surface area contributed by atoms with Crippen molar-refractivity contribution >= 4 is 23.3 Å². The Bertz CT molecular complexity index is 389. The minimum absolute atomic E-state index is 0.342. The van der Waals surface area contributed by atoms with Gasteiger partial charge in [0, 0.05) is 36.9 Å². The van der Waals surface area contributed by atoms with Crippen molar-refractivity contribution in [3.8, 4) is 0 Å². The molecule has 0 atom stereocenters. The molecule has 0 bridgehead atoms. The molecule has 1 aromatic carbocycles. The Labute approximate surface area is 99.6 Å². The van der Waals surface area contributed by atoms with Crippen LogP contribution in [-0.2, 0) is 0 Å². The molecule has 86 valence electrons. The third-order valence-corrected chi connectivity index (χ3v) is 3.00. The molecule has 1 saturated heterocycles. The van der Waals surface area contributed by atoms with Crippen LogP contribution in [-0.4, -0.2) is 37.1 Å². The van der Waals surface area contributed by atoms with Gasteiger partial charge in [0.25, 0.3) is 0 Å². The average molecular weight is 240 g/mol. The molecule has 1 aliphatic rings. The molecule has 2 amide bonds. The van der Waals surface area contributed by atoms with Crippen molar-refractivity contribution in [1.82, 2.24) is 4.90 Å². The first kappa shape index (κ1) is 11.1. The van der Waals surface area contributed by atoms with Crippen molar-refractivity contribution < 1.29 is 4.79 Å². The van der Waals surface area contributed by atoms with Crippen LogP contribution in [0.5, 0.6) is 0 Å². The second kappa shape index (κ2) is 4.61. The van der Waals surface area contributed by atoms with Crippen LogP contribution in [0.15, 0.2) is 24.3 Å². The lowest BCUT2D eigenvalue weighted by molar-refractivity contribution is 0.204. The summed E-state index contributed by atoms with van der Waals surface area (Å²) in [7, 11) is 0. The maximum atomic E-state index is 11.0. The van der Waals surface area contributed by atoms with Crippen molar-refractivity contribution in [3.05, 3.63) is 29.3 Å². The molecule has 5 heteroatoms. The highest BCUT2D eigenvalue weighted by Crippen LogP contribution is 2.20. The summed E-state index contributed by atoms with van der Waals surface area (Å²) in [4.78, 5) is 14.8. The average Bonchev–Trinajstić information content (AvgIpc) is 2.29. The highest BCUT2D eigenvalue weighted by Gasteiger charge is 2.19. The van der Waals surface area contributed by atoms with E-state index in [1.54, 1.807) is 4.90 Å². The molecule has 1 aromatic rings. The second-order valence-electron chi connectivity index (χ2n) is 3.79. The number of amides is 2. The Hall–Kier alpha value is -1.42. The monoisotopic (exact) mass is 239 g/mol. The minimum atomic E-state index is -0.342. The van der Waals surface area contributed by atoms with Gasteiger partial charge in [-0.25, -0.2) is 4.79 Å².